The third-order valence-electron chi connectivity index (χ3n) is 3.20. The lowest BCUT2D eigenvalue weighted by Gasteiger charge is -2.10. The molecule has 1 fully saturated rings. The second kappa shape index (κ2) is 4.53. The second-order valence-corrected chi connectivity index (χ2v) is 4.82. The van der Waals surface area contributed by atoms with E-state index in [1.54, 1.807) is 0 Å². The number of nitrogen functional groups attached to an aromatic ring is 1. The quantitative estimate of drug-likeness (QED) is 0.481. The van der Waals surface area contributed by atoms with E-state index in [0.29, 0.717) is 27.8 Å². The number of aliphatic hydroxyl groups excluding tert-OH is 2. The van der Waals surface area contributed by atoms with E-state index in [2.05, 4.69) is 20.2 Å². The predicted octanol–water partition coefficient (Wildman–Crippen LogP) is -0.219. The molecule has 0 aliphatic carbocycles. The second-order valence-electron chi connectivity index (χ2n) is 4.44. The number of H-pyrrole nitrogens is 2. The minimum Gasteiger partial charge on any atom is -0.394 e. The van der Waals surface area contributed by atoms with Crippen molar-refractivity contribution in [1.29, 1.82) is 0 Å². The van der Waals surface area contributed by atoms with E-state index in [-0.39, 0.29) is 12.6 Å². The Bertz CT molecular complexity index is 669. The van der Waals surface area contributed by atoms with E-state index in [4.69, 9.17) is 27.8 Å². The molecule has 1 aliphatic heterocycles. The summed E-state index contributed by atoms with van der Waals surface area (Å²) in [5.41, 5.74) is 7.39. The van der Waals surface area contributed by atoms with Crippen LogP contribution in [-0.2, 0) is 4.74 Å². The van der Waals surface area contributed by atoms with Gasteiger partial charge in [0.25, 0.3) is 0 Å². The van der Waals surface area contributed by atoms with Crippen molar-refractivity contribution < 1.29 is 14.9 Å². The summed E-state index contributed by atoms with van der Waals surface area (Å²) < 4.78 is 5.87. The van der Waals surface area contributed by atoms with Crippen LogP contribution >= 0.6 is 12.2 Å². The number of rotatable bonds is 2. The van der Waals surface area contributed by atoms with Crippen molar-refractivity contribution in [2.75, 3.05) is 12.3 Å². The Morgan fingerprint density at radius 1 is 1.53 bits per heavy atom. The van der Waals surface area contributed by atoms with Gasteiger partial charge in [-0.3, -0.25) is 5.10 Å². The summed E-state index contributed by atoms with van der Waals surface area (Å²) in [5, 5.41) is 25.7. The highest BCUT2D eigenvalue weighted by atomic mass is 32.1. The summed E-state index contributed by atoms with van der Waals surface area (Å²) in [6.45, 7) is -0.233. The lowest BCUT2D eigenvalue weighted by Crippen LogP contribution is -2.24. The van der Waals surface area contributed by atoms with Gasteiger partial charge in [-0.25, -0.2) is 4.98 Å². The number of aromatic amines is 2. The van der Waals surface area contributed by atoms with Gasteiger partial charge in [0.1, 0.15) is 17.7 Å². The standard InChI is InChI=1S/C10H13N5O3S/c11-10-12-7-6(14-15-8(7)9(19)13-10)4-1-3(17)5(2-16)18-4/h3-5,16-17H,1-2H2,(H,14,15)(H3,11,12,13,19)/t3-,4+,5+/m0/s1. The molecule has 102 valence electrons. The van der Waals surface area contributed by atoms with Crippen LogP contribution in [0.1, 0.15) is 18.2 Å². The van der Waals surface area contributed by atoms with Crippen molar-refractivity contribution >= 4 is 29.2 Å². The van der Waals surface area contributed by atoms with Crippen LogP contribution < -0.4 is 5.73 Å². The Balaban J connectivity index is 2.05. The van der Waals surface area contributed by atoms with Gasteiger partial charge in [0.2, 0.25) is 0 Å². The number of fused-ring (bicyclic) bond motifs is 1. The van der Waals surface area contributed by atoms with E-state index in [1.165, 1.54) is 0 Å². The highest BCUT2D eigenvalue weighted by Gasteiger charge is 2.36. The number of aliphatic hydroxyl groups is 2. The molecule has 8 nitrogen and oxygen atoms in total. The first-order chi connectivity index (χ1) is 9.10. The molecule has 1 aliphatic rings. The number of aromatic nitrogens is 4. The molecule has 19 heavy (non-hydrogen) atoms. The first-order valence-electron chi connectivity index (χ1n) is 5.78. The normalized spacial score (nSPS) is 27.2. The van der Waals surface area contributed by atoms with Crippen LogP contribution in [0.2, 0.25) is 0 Å². The van der Waals surface area contributed by atoms with Crippen LogP contribution in [-0.4, -0.2) is 49.2 Å². The number of nitrogens with zero attached hydrogens (tertiary/aromatic N) is 2. The maximum atomic E-state index is 9.75. The molecule has 3 rings (SSSR count). The van der Waals surface area contributed by atoms with Gasteiger partial charge in [-0.15, -0.1) is 0 Å². The zero-order chi connectivity index (χ0) is 13.6. The fourth-order valence-corrected chi connectivity index (χ4v) is 2.51. The summed E-state index contributed by atoms with van der Waals surface area (Å²) in [6.07, 6.45) is -1.34. The fraction of sp³-hybridized carbons (Fsp3) is 0.500. The average molecular weight is 283 g/mol. The molecule has 0 saturated carbocycles. The molecule has 2 aromatic heterocycles. The van der Waals surface area contributed by atoms with Crippen molar-refractivity contribution in [2.24, 2.45) is 0 Å². The monoisotopic (exact) mass is 283 g/mol. The van der Waals surface area contributed by atoms with Crippen LogP contribution in [0.25, 0.3) is 11.0 Å². The van der Waals surface area contributed by atoms with E-state index in [1.807, 2.05) is 0 Å². The van der Waals surface area contributed by atoms with E-state index >= 15 is 0 Å². The number of anilines is 1. The first kappa shape index (κ1) is 12.5. The van der Waals surface area contributed by atoms with Crippen molar-refractivity contribution in [1.82, 2.24) is 20.2 Å². The lowest BCUT2D eigenvalue weighted by atomic mass is 10.1. The maximum absolute atomic E-state index is 9.75. The SMILES string of the molecule is Nc1nc(=S)c2n[nH]c([C@H]3C[C@H](O)[C@@H](CO)O3)c2[nH]1. The molecule has 0 unspecified atom stereocenters. The molecule has 3 atom stereocenters. The van der Waals surface area contributed by atoms with Crippen molar-refractivity contribution in [3.8, 4) is 0 Å². The third-order valence-corrected chi connectivity index (χ3v) is 3.48. The summed E-state index contributed by atoms with van der Waals surface area (Å²) in [7, 11) is 0. The van der Waals surface area contributed by atoms with Crippen molar-refractivity contribution in [3.05, 3.63) is 10.3 Å². The Morgan fingerprint density at radius 2 is 2.32 bits per heavy atom. The molecule has 0 aromatic carbocycles. The van der Waals surface area contributed by atoms with Gasteiger partial charge >= 0.3 is 0 Å². The first-order valence-corrected chi connectivity index (χ1v) is 6.19. The van der Waals surface area contributed by atoms with Crippen LogP contribution in [0.5, 0.6) is 0 Å². The number of nitrogens with one attached hydrogen (secondary N) is 2. The fourth-order valence-electron chi connectivity index (χ4n) is 2.27. The number of ether oxygens (including phenoxy) is 1. The highest BCUT2D eigenvalue weighted by molar-refractivity contribution is 7.71. The van der Waals surface area contributed by atoms with Gasteiger partial charge in [-0.2, -0.15) is 5.10 Å². The van der Waals surface area contributed by atoms with E-state index in [9.17, 15) is 5.11 Å². The Morgan fingerprint density at radius 3 is 3.00 bits per heavy atom. The number of hydrogen-bond acceptors (Lipinski definition) is 7. The average Bonchev–Trinajstić information content (AvgIpc) is 2.92. The van der Waals surface area contributed by atoms with Crippen LogP contribution in [0.15, 0.2) is 0 Å². The van der Waals surface area contributed by atoms with Crippen LogP contribution in [0.3, 0.4) is 0 Å². The Kier molecular flexibility index (Phi) is 2.97. The molecule has 1 saturated heterocycles. The molecule has 0 amide bonds. The Labute approximate surface area is 112 Å². The minimum atomic E-state index is -0.712. The molecular formula is C10H13N5O3S. The largest absolute Gasteiger partial charge is 0.394 e. The number of hydrogen-bond donors (Lipinski definition) is 5. The third kappa shape index (κ3) is 2.00. The molecule has 6 N–H and O–H groups in total. The summed E-state index contributed by atoms with van der Waals surface area (Å²) in [5.74, 6) is 0.192. The summed E-state index contributed by atoms with van der Waals surface area (Å²) in [4.78, 5) is 6.80. The van der Waals surface area contributed by atoms with Gasteiger partial charge in [-0.1, -0.05) is 12.2 Å². The molecule has 2 aromatic rings. The molecule has 0 spiro atoms. The van der Waals surface area contributed by atoms with Crippen LogP contribution in [0, 0.1) is 4.64 Å². The summed E-state index contributed by atoms with van der Waals surface area (Å²) >= 11 is 5.07. The van der Waals surface area contributed by atoms with Gasteiger partial charge in [-0.05, 0) is 0 Å². The molecule has 0 radical (unpaired) electrons. The predicted molar refractivity (Wildman–Crippen MR) is 68.8 cm³/mol. The zero-order valence-corrected chi connectivity index (χ0v) is 10.6. The van der Waals surface area contributed by atoms with E-state index in [0.717, 1.165) is 0 Å². The maximum Gasteiger partial charge on any atom is 0.199 e. The van der Waals surface area contributed by atoms with Gasteiger partial charge in [0.15, 0.2) is 10.6 Å². The van der Waals surface area contributed by atoms with E-state index < -0.39 is 18.3 Å². The molecular weight excluding hydrogens is 270 g/mol. The summed E-state index contributed by atoms with van der Waals surface area (Å²) in [6, 6.07) is 0. The van der Waals surface area contributed by atoms with Crippen molar-refractivity contribution in [2.45, 2.75) is 24.7 Å². The molecule has 3 heterocycles. The minimum absolute atomic E-state index is 0.192. The van der Waals surface area contributed by atoms with Gasteiger partial charge < -0.3 is 25.7 Å². The smallest absolute Gasteiger partial charge is 0.199 e. The number of nitrogens with two attached hydrogens (primary N) is 1. The van der Waals surface area contributed by atoms with Gasteiger partial charge in [0.05, 0.1) is 23.9 Å². The Hall–Kier alpha value is -1.55. The molecule has 9 heteroatoms. The topological polar surface area (TPSA) is 133 Å². The van der Waals surface area contributed by atoms with Gasteiger partial charge in [0, 0.05) is 6.42 Å². The highest BCUT2D eigenvalue weighted by Crippen LogP contribution is 2.34. The zero-order valence-electron chi connectivity index (χ0n) is 9.83. The van der Waals surface area contributed by atoms with Crippen LogP contribution in [0.4, 0.5) is 5.95 Å². The lowest BCUT2D eigenvalue weighted by molar-refractivity contribution is -0.0232. The molecule has 0 bridgehead atoms. The van der Waals surface area contributed by atoms with Crippen molar-refractivity contribution in [3.63, 3.8) is 0 Å².